The quantitative estimate of drug-likeness (QED) is 0.457. The molecule has 0 saturated carbocycles. The second-order valence-corrected chi connectivity index (χ2v) is 2.70. The molecule has 0 bridgehead atoms. The van der Waals surface area contributed by atoms with Crippen LogP contribution in [-0.4, -0.2) is 27.5 Å². The van der Waals surface area contributed by atoms with E-state index in [1.54, 1.807) is 33.5 Å². The Balaban J connectivity index is 3.33. The van der Waals surface area contributed by atoms with Gasteiger partial charge >= 0.3 is 0 Å². The maximum atomic E-state index is 5.21. The lowest BCUT2D eigenvalue weighted by molar-refractivity contribution is 0.324. The van der Waals surface area contributed by atoms with Gasteiger partial charge in [-0.2, -0.15) is 5.10 Å². The third-order valence-electron chi connectivity index (χ3n) is 1.95. The van der Waals surface area contributed by atoms with Crippen molar-refractivity contribution in [3.8, 4) is 17.2 Å². The number of benzene rings is 1. The first-order valence-electron chi connectivity index (χ1n) is 4.30. The van der Waals surface area contributed by atoms with E-state index in [1.165, 1.54) is 6.21 Å². The van der Waals surface area contributed by atoms with Crippen LogP contribution in [0.2, 0.25) is 0 Å². The summed E-state index contributed by atoms with van der Waals surface area (Å²) in [5, 5.41) is 3.44. The Kier molecular flexibility index (Phi) is 3.79. The number of nitrogens with two attached hydrogens (primary N) is 1. The van der Waals surface area contributed by atoms with Crippen LogP contribution in [0.1, 0.15) is 5.56 Å². The van der Waals surface area contributed by atoms with Crippen LogP contribution in [0.4, 0.5) is 0 Å². The van der Waals surface area contributed by atoms with Gasteiger partial charge < -0.3 is 20.1 Å². The summed E-state index contributed by atoms with van der Waals surface area (Å²) in [5.41, 5.74) is 0.734. The lowest BCUT2D eigenvalue weighted by Gasteiger charge is -2.13. The summed E-state index contributed by atoms with van der Waals surface area (Å²) in [7, 11) is 4.66. The molecule has 5 nitrogen and oxygen atoms in total. The molecule has 0 amide bonds. The topological polar surface area (TPSA) is 66.1 Å². The van der Waals surface area contributed by atoms with Crippen LogP contribution >= 0.6 is 0 Å². The van der Waals surface area contributed by atoms with Crippen LogP contribution in [0.5, 0.6) is 17.2 Å². The summed E-state index contributed by atoms with van der Waals surface area (Å²) in [4.78, 5) is 0. The highest BCUT2D eigenvalue weighted by atomic mass is 16.5. The number of ether oxygens (including phenoxy) is 3. The first kappa shape index (κ1) is 11.2. The van der Waals surface area contributed by atoms with Gasteiger partial charge in [-0.05, 0) is 12.1 Å². The minimum absolute atomic E-state index is 0.525. The maximum absolute atomic E-state index is 5.21. The standard InChI is InChI=1S/C10H14N2O3/c1-13-8-5-4-7(6-12-11)9(14-2)10(8)15-3/h4-6H,11H2,1-3H3/b12-6-. The Labute approximate surface area is 88.4 Å². The lowest BCUT2D eigenvalue weighted by atomic mass is 10.2. The van der Waals surface area contributed by atoms with Crippen molar-refractivity contribution in [2.24, 2.45) is 10.9 Å². The van der Waals surface area contributed by atoms with Crippen molar-refractivity contribution in [1.82, 2.24) is 0 Å². The maximum Gasteiger partial charge on any atom is 0.203 e. The molecule has 0 radical (unpaired) electrons. The monoisotopic (exact) mass is 210 g/mol. The van der Waals surface area contributed by atoms with Crippen LogP contribution < -0.4 is 20.1 Å². The molecular weight excluding hydrogens is 196 g/mol. The Bertz CT molecular complexity index is 364. The van der Waals surface area contributed by atoms with Crippen LogP contribution in [-0.2, 0) is 0 Å². The smallest absolute Gasteiger partial charge is 0.203 e. The molecule has 2 N–H and O–H groups in total. The summed E-state index contributed by atoms with van der Waals surface area (Å²) in [6, 6.07) is 3.55. The second-order valence-electron chi connectivity index (χ2n) is 2.70. The van der Waals surface area contributed by atoms with Crippen molar-refractivity contribution in [2.45, 2.75) is 0 Å². The second kappa shape index (κ2) is 5.09. The van der Waals surface area contributed by atoms with Crippen LogP contribution in [0.15, 0.2) is 17.2 Å². The summed E-state index contributed by atoms with van der Waals surface area (Å²) in [6.45, 7) is 0. The Hall–Kier alpha value is -1.91. The van der Waals surface area contributed by atoms with E-state index < -0.39 is 0 Å². The zero-order chi connectivity index (χ0) is 11.3. The molecule has 0 fully saturated rings. The van der Waals surface area contributed by atoms with Gasteiger partial charge in [0, 0.05) is 5.56 Å². The molecular formula is C10H14N2O3. The highest BCUT2D eigenvalue weighted by Crippen LogP contribution is 2.38. The average Bonchev–Trinajstić information content (AvgIpc) is 2.28. The number of rotatable bonds is 4. The number of hydrogen-bond acceptors (Lipinski definition) is 5. The van der Waals surface area contributed by atoms with E-state index in [9.17, 15) is 0 Å². The normalized spacial score (nSPS) is 10.3. The van der Waals surface area contributed by atoms with Gasteiger partial charge in [-0.15, -0.1) is 0 Å². The largest absolute Gasteiger partial charge is 0.493 e. The molecule has 0 aliphatic rings. The first-order valence-corrected chi connectivity index (χ1v) is 4.30. The first-order chi connectivity index (χ1) is 7.28. The van der Waals surface area contributed by atoms with Crippen molar-refractivity contribution in [3.05, 3.63) is 17.7 Å². The van der Waals surface area contributed by atoms with Crippen LogP contribution in [0, 0.1) is 0 Å². The van der Waals surface area contributed by atoms with E-state index >= 15 is 0 Å². The predicted octanol–water partition coefficient (Wildman–Crippen LogP) is 1.00. The molecule has 5 heteroatoms. The predicted molar refractivity (Wildman–Crippen MR) is 57.9 cm³/mol. The molecule has 0 heterocycles. The lowest BCUT2D eigenvalue weighted by Crippen LogP contribution is -1.99. The number of hydrazone groups is 1. The minimum atomic E-state index is 0.525. The SMILES string of the molecule is COc1ccc(/C=N\N)c(OC)c1OC. The molecule has 0 atom stereocenters. The van der Waals surface area contributed by atoms with Gasteiger partial charge in [0.15, 0.2) is 11.5 Å². The molecule has 0 aromatic heterocycles. The van der Waals surface area contributed by atoms with Gasteiger partial charge in [0.1, 0.15) is 0 Å². The van der Waals surface area contributed by atoms with Crippen molar-refractivity contribution in [2.75, 3.05) is 21.3 Å². The minimum Gasteiger partial charge on any atom is -0.493 e. The van der Waals surface area contributed by atoms with Gasteiger partial charge in [0.05, 0.1) is 27.5 Å². The van der Waals surface area contributed by atoms with E-state index in [2.05, 4.69) is 5.10 Å². The molecule has 0 unspecified atom stereocenters. The van der Waals surface area contributed by atoms with Gasteiger partial charge in [0.2, 0.25) is 5.75 Å². The summed E-state index contributed by atoms with van der Waals surface area (Å²) >= 11 is 0. The number of nitrogens with zero attached hydrogens (tertiary/aromatic N) is 1. The van der Waals surface area contributed by atoms with Crippen LogP contribution in [0.3, 0.4) is 0 Å². The van der Waals surface area contributed by atoms with E-state index in [-0.39, 0.29) is 0 Å². The number of hydrogen-bond donors (Lipinski definition) is 1. The summed E-state index contributed by atoms with van der Waals surface area (Å²) < 4.78 is 15.5. The Morgan fingerprint density at radius 2 is 1.73 bits per heavy atom. The van der Waals surface area contributed by atoms with Gasteiger partial charge in [-0.3, -0.25) is 0 Å². The van der Waals surface area contributed by atoms with Crippen molar-refractivity contribution >= 4 is 6.21 Å². The molecule has 0 aliphatic heterocycles. The molecule has 1 aromatic carbocycles. The highest BCUT2D eigenvalue weighted by Gasteiger charge is 2.14. The number of methoxy groups -OCH3 is 3. The van der Waals surface area contributed by atoms with E-state index in [4.69, 9.17) is 20.1 Å². The summed E-state index contributed by atoms with van der Waals surface area (Å²) in [5.74, 6) is 6.76. The van der Waals surface area contributed by atoms with Gasteiger partial charge in [0.25, 0.3) is 0 Å². The Morgan fingerprint density at radius 3 is 2.20 bits per heavy atom. The summed E-state index contributed by atoms with van der Waals surface area (Å²) in [6.07, 6.45) is 1.49. The molecule has 1 aromatic rings. The fraction of sp³-hybridized carbons (Fsp3) is 0.300. The van der Waals surface area contributed by atoms with Crippen molar-refractivity contribution < 1.29 is 14.2 Å². The molecule has 82 valence electrons. The van der Waals surface area contributed by atoms with Crippen molar-refractivity contribution in [1.29, 1.82) is 0 Å². The molecule has 1 rings (SSSR count). The van der Waals surface area contributed by atoms with E-state index in [0.717, 1.165) is 5.56 Å². The van der Waals surface area contributed by atoms with Crippen LogP contribution in [0.25, 0.3) is 0 Å². The van der Waals surface area contributed by atoms with Gasteiger partial charge in [-0.1, -0.05) is 0 Å². The Morgan fingerprint density at radius 1 is 1.07 bits per heavy atom. The fourth-order valence-corrected chi connectivity index (χ4v) is 1.31. The van der Waals surface area contributed by atoms with E-state index in [0.29, 0.717) is 17.2 Å². The van der Waals surface area contributed by atoms with E-state index in [1.807, 2.05) is 0 Å². The zero-order valence-electron chi connectivity index (χ0n) is 8.98. The molecule has 0 aliphatic carbocycles. The van der Waals surface area contributed by atoms with Gasteiger partial charge in [-0.25, -0.2) is 0 Å². The molecule has 0 spiro atoms. The molecule has 15 heavy (non-hydrogen) atoms. The zero-order valence-corrected chi connectivity index (χ0v) is 8.98. The molecule has 0 saturated heterocycles. The van der Waals surface area contributed by atoms with Crippen molar-refractivity contribution in [3.63, 3.8) is 0 Å². The fourth-order valence-electron chi connectivity index (χ4n) is 1.31. The third-order valence-corrected chi connectivity index (χ3v) is 1.95. The average molecular weight is 210 g/mol. The highest BCUT2D eigenvalue weighted by molar-refractivity contribution is 5.85. The third kappa shape index (κ3) is 2.12.